The molecule has 1 heterocycles. The highest BCUT2D eigenvalue weighted by molar-refractivity contribution is 5.54. The lowest BCUT2D eigenvalue weighted by Crippen LogP contribution is -2.10. The van der Waals surface area contributed by atoms with Gasteiger partial charge in [0.1, 0.15) is 0 Å². The van der Waals surface area contributed by atoms with Gasteiger partial charge in [0.25, 0.3) is 0 Å². The minimum Gasteiger partial charge on any atom is -0.339 e. The van der Waals surface area contributed by atoms with Crippen molar-refractivity contribution in [3.63, 3.8) is 0 Å². The molecule has 0 radical (unpaired) electrons. The SMILES string of the molecule is CCc1ccc(-c2noc(CCNC)n2)cc1. The van der Waals surface area contributed by atoms with Crippen LogP contribution in [0.15, 0.2) is 28.8 Å². The van der Waals surface area contributed by atoms with E-state index in [1.807, 2.05) is 19.2 Å². The summed E-state index contributed by atoms with van der Waals surface area (Å²) in [6.07, 6.45) is 1.80. The molecule has 0 aliphatic rings. The van der Waals surface area contributed by atoms with E-state index in [-0.39, 0.29) is 0 Å². The van der Waals surface area contributed by atoms with Gasteiger partial charge in [-0.3, -0.25) is 0 Å². The lowest BCUT2D eigenvalue weighted by Gasteiger charge is -1.97. The summed E-state index contributed by atoms with van der Waals surface area (Å²) in [6.45, 7) is 2.98. The number of benzene rings is 1. The Labute approximate surface area is 101 Å². The van der Waals surface area contributed by atoms with Crippen LogP contribution < -0.4 is 5.32 Å². The number of hydrogen-bond donors (Lipinski definition) is 1. The Morgan fingerprint density at radius 2 is 2.00 bits per heavy atom. The minimum atomic E-state index is 0.666. The summed E-state index contributed by atoms with van der Waals surface area (Å²) in [6, 6.07) is 8.26. The quantitative estimate of drug-likeness (QED) is 0.855. The van der Waals surface area contributed by atoms with Gasteiger partial charge in [0.15, 0.2) is 0 Å². The molecule has 1 aromatic heterocycles. The van der Waals surface area contributed by atoms with E-state index in [1.165, 1.54) is 5.56 Å². The molecule has 0 saturated carbocycles. The molecule has 1 N–H and O–H groups in total. The molecule has 0 unspecified atom stereocenters. The van der Waals surface area contributed by atoms with Crippen molar-refractivity contribution < 1.29 is 4.52 Å². The Bertz CT molecular complexity index is 462. The third-order valence-corrected chi connectivity index (χ3v) is 2.68. The molecule has 0 bridgehead atoms. The largest absolute Gasteiger partial charge is 0.339 e. The fourth-order valence-corrected chi connectivity index (χ4v) is 1.60. The maximum absolute atomic E-state index is 5.18. The summed E-state index contributed by atoms with van der Waals surface area (Å²) < 4.78 is 5.18. The summed E-state index contributed by atoms with van der Waals surface area (Å²) in [5.74, 6) is 1.34. The molecular weight excluding hydrogens is 214 g/mol. The lowest BCUT2D eigenvalue weighted by molar-refractivity contribution is 0.377. The lowest BCUT2D eigenvalue weighted by atomic mass is 10.1. The van der Waals surface area contributed by atoms with Crippen molar-refractivity contribution in [1.29, 1.82) is 0 Å². The fourth-order valence-electron chi connectivity index (χ4n) is 1.60. The number of nitrogens with zero attached hydrogens (tertiary/aromatic N) is 2. The van der Waals surface area contributed by atoms with Crippen LogP contribution in [-0.4, -0.2) is 23.7 Å². The van der Waals surface area contributed by atoms with E-state index in [2.05, 4.69) is 34.5 Å². The zero-order valence-electron chi connectivity index (χ0n) is 10.2. The summed E-state index contributed by atoms with van der Waals surface area (Å²) in [5, 5.41) is 7.03. The van der Waals surface area contributed by atoms with Gasteiger partial charge in [-0.15, -0.1) is 0 Å². The molecule has 2 rings (SSSR count). The van der Waals surface area contributed by atoms with Crippen LogP contribution in [0.4, 0.5) is 0 Å². The second kappa shape index (κ2) is 5.59. The van der Waals surface area contributed by atoms with Gasteiger partial charge < -0.3 is 9.84 Å². The zero-order chi connectivity index (χ0) is 12.1. The Kier molecular flexibility index (Phi) is 3.88. The van der Waals surface area contributed by atoms with E-state index in [0.717, 1.165) is 24.9 Å². The van der Waals surface area contributed by atoms with E-state index in [9.17, 15) is 0 Å². The molecule has 0 atom stereocenters. The molecule has 0 spiro atoms. The van der Waals surface area contributed by atoms with Crippen LogP contribution in [0.3, 0.4) is 0 Å². The number of aromatic nitrogens is 2. The van der Waals surface area contributed by atoms with Gasteiger partial charge in [-0.25, -0.2) is 0 Å². The van der Waals surface area contributed by atoms with Crippen LogP contribution in [0, 0.1) is 0 Å². The zero-order valence-corrected chi connectivity index (χ0v) is 10.2. The van der Waals surface area contributed by atoms with Crippen molar-refractivity contribution >= 4 is 0 Å². The van der Waals surface area contributed by atoms with Crippen LogP contribution in [0.25, 0.3) is 11.4 Å². The normalized spacial score (nSPS) is 10.7. The topological polar surface area (TPSA) is 51.0 Å². The first-order chi connectivity index (χ1) is 8.33. The Balaban J connectivity index is 2.12. The number of nitrogens with one attached hydrogen (secondary N) is 1. The van der Waals surface area contributed by atoms with Gasteiger partial charge in [0.05, 0.1) is 0 Å². The fraction of sp³-hybridized carbons (Fsp3) is 0.385. The summed E-state index contributed by atoms with van der Waals surface area (Å²) in [5.41, 5.74) is 2.31. The standard InChI is InChI=1S/C13H17N3O/c1-3-10-4-6-11(7-5-10)13-15-12(17-16-13)8-9-14-2/h4-7,14H,3,8-9H2,1-2H3. The van der Waals surface area contributed by atoms with Gasteiger partial charge in [-0.1, -0.05) is 36.3 Å². The van der Waals surface area contributed by atoms with Crippen LogP contribution >= 0.6 is 0 Å². The van der Waals surface area contributed by atoms with Crippen molar-refractivity contribution in [1.82, 2.24) is 15.5 Å². The van der Waals surface area contributed by atoms with E-state index in [1.54, 1.807) is 0 Å². The molecule has 17 heavy (non-hydrogen) atoms. The average molecular weight is 231 g/mol. The van der Waals surface area contributed by atoms with Gasteiger partial charge >= 0.3 is 0 Å². The van der Waals surface area contributed by atoms with Crippen LogP contribution in [0.1, 0.15) is 18.4 Å². The van der Waals surface area contributed by atoms with Crippen LogP contribution in [0.2, 0.25) is 0 Å². The van der Waals surface area contributed by atoms with Crippen molar-refractivity contribution in [3.8, 4) is 11.4 Å². The molecule has 4 heteroatoms. The van der Waals surface area contributed by atoms with E-state index >= 15 is 0 Å². The predicted octanol–water partition coefficient (Wildman–Crippen LogP) is 2.06. The third kappa shape index (κ3) is 2.91. The molecule has 0 amide bonds. The number of aryl methyl sites for hydroxylation is 1. The van der Waals surface area contributed by atoms with Crippen molar-refractivity contribution in [2.75, 3.05) is 13.6 Å². The number of rotatable bonds is 5. The van der Waals surface area contributed by atoms with Crippen molar-refractivity contribution in [3.05, 3.63) is 35.7 Å². The predicted molar refractivity (Wildman–Crippen MR) is 66.7 cm³/mol. The second-order valence-electron chi connectivity index (χ2n) is 3.92. The molecule has 90 valence electrons. The Morgan fingerprint density at radius 3 is 2.65 bits per heavy atom. The van der Waals surface area contributed by atoms with E-state index in [4.69, 9.17) is 4.52 Å². The van der Waals surface area contributed by atoms with Crippen molar-refractivity contribution in [2.45, 2.75) is 19.8 Å². The maximum atomic E-state index is 5.18. The Hall–Kier alpha value is -1.68. The maximum Gasteiger partial charge on any atom is 0.228 e. The average Bonchev–Trinajstić information content (AvgIpc) is 2.85. The van der Waals surface area contributed by atoms with Gasteiger partial charge in [-0.05, 0) is 19.0 Å². The van der Waals surface area contributed by atoms with Crippen LogP contribution in [-0.2, 0) is 12.8 Å². The number of likely N-dealkylation sites (N-methyl/N-ethyl adjacent to an activating group) is 1. The Morgan fingerprint density at radius 1 is 1.24 bits per heavy atom. The molecular formula is C13H17N3O. The highest BCUT2D eigenvalue weighted by atomic mass is 16.5. The summed E-state index contributed by atoms with van der Waals surface area (Å²) in [7, 11) is 1.90. The highest BCUT2D eigenvalue weighted by Gasteiger charge is 2.07. The monoisotopic (exact) mass is 231 g/mol. The first-order valence-electron chi connectivity index (χ1n) is 5.90. The van der Waals surface area contributed by atoms with Gasteiger partial charge in [0.2, 0.25) is 11.7 Å². The molecule has 4 nitrogen and oxygen atoms in total. The van der Waals surface area contributed by atoms with E-state index < -0.39 is 0 Å². The second-order valence-corrected chi connectivity index (χ2v) is 3.92. The summed E-state index contributed by atoms with van der Waals surface area (Å²) >= 11 is 0. The molecule has 0 saturated heterocycles. The molecule has 0 aliphatic heterocycles. The first-order valence-corrected chi connectivity index (χ1v) is 5.90. The molecule has 2 aromatic rings. The molecule has 1 aromatic carbocycles. The van der Waals surface area contributed by atoms with Crippen LogP contribution in [0.5, 0.6) is 0 Å². The first kappa shape index (κ1) is 11.8. The summed E-state index contributed by atoms with van der Waals surface area (Å²) in [4.78, 5) is 4.36. The molecule has 0 fully saturated rings. The highest BCUT2D eigenvalue weighted by Crippen LogP contribution is 2.16. The smallest absolute Gasteiger partial charge is 0.228 e. The third-order valence-electron chi connectivity index (χ3n) is 2.68. The number of hydrogen-bond acceptors (Lipinski definition) is 4. The van der Waals surface area contributed by atoms with Gasteiger partial charge in [0, 0.05) is 18.5 Å². The van der Waals surface area contributed by atoms with Crippen molar-refractivity contribution in [2.24, 2.45) is 0 Å². The molecule has 0 aliphatic carbocycles. The van der Waals surface area contributed by atoms with E-state index in [0.29, 0.717) is 11.7 Å². The minimum absolute atomic E-state index is 0.666. The van der Waals surface area contributed by atoms with Gasteiger partial charge in [-0.2, -0.15) is 4.98 Å².